The Bertz CT molecular complexity index is 809. The molecule has 0 fully saturated rings. The molecule has 1 heterocycles. The average molecular weight is 351 g/mol. The zero-order valence-corrected chi connectivity index (χ0v) is 14.1. The number of aromatic amines is 1. The van der Waals surface area contributed by atoms with Gasteiger partial charge in [-0.2, -0.15) is 0 Å². The molecule has 5 nitrogen and oxygen atoms in total. The van der Waals surface area contributed by atoms with Crippen LogP contribution in [-0.4, -0.2) is 28.9 Å². The first-order valence-electron chi connectivity index (χ1n) is 8.14. The van der Waals surface area contributed by atoms with E-state index in [2.05, 4.69) is 9.97 Å². The van der Waals surface area contributed by atoms with Crippen LogP contribution in [0.3, 0.4) is 0 Å². The number of benzene rings is 2. The van der Waals surface area contributed by atoms with Crippen molar-refractivity contribution in [2.45, 2.75) is 26.3 Å². The predicted octanol–water partition coefficient (Wildman–Crippen LogP) is 3.40. The molecule has 0 saturated carbocycles. The van der Waals surface area contributed by atoms with Gasteiger partial charge in [-0.15, -0.1) is 0 Å². The summed E-state index contributed by atoms with van der Waals surface area (Å²) in [6, 6.07) is 15.3. The minimum absolute atomic E-state index is 0. The molecule has 0 amide bonds. The van der Waals surface area contributed by atoms with Crippen molar-refractivity contribution in [1.82, 2.24) is 9.97 Å². The Labute approximate surface area is 154 Å². The topological polar surface area (TPSA) is 81.0 Å². The highest BCUT2D eigenvalue weighted by molar-refractivity contribution is 5.86. The Morgan fingerprint density at radius 3 is 2.27 bits per heavy atom. The molecule has 26 heavy (non-hydrogen) atoms. The van der Waals surface area contributed by atoms with E-state index in [1.54, 1.807) is 19.6 Å². The second-order valence-electron chi connectivity index (χ2n) is 5.96. The molecule has 0 saturated heterocycles. The highest BCUT2D eigenvalue weighted by Crippen LogP contribution is 2.23. The molecule has 0 radical (unpaired) electrons. The van der Waals surface area contributed by atoms with Crippen LogP contribution < -0.4 is 10.5 Å². The first-order chi connectivity index (χ1) is 12.2. The van der Waals surface area contributed by atoms with Gasteiger partial charge in [0.1, 0.15) is 5.75 Å². The van der Waals surface area contributed by atoms with Crippen LogP contribution in [0.2, 0.25) is 0 Å². The van der Waals surface area contributed by atoms with E-state index >= 15 is 0 Å². The lowest BCUT2D eigenvalue weighted by atomic mass is 9.98. The van der Waals surface area contributed by atoms with E-state index in [1.165, 1.54) is 0 Å². The lowest BCUT2D eigenvalue weighted by Gasteiger charge is -2.10. The van der Waals surface area contributed by atoms with E-state index in [0.29, 0.717) is 12.8 Å². The van der Waals surface area contributed by atoms with Crippen LogP contribution in [-0.2, 0) is 17.6 Å². The highest BCUT2D eigenvalue weighted by atomic mass is 16.5. The fraction of sp³-hybridized carbons (Fsp3) is 0.238. The van der Waals surface area contributed by atoms with Gasteiger partial charge in [0.25, 0.3) is 0 Å². The van der Waals surface area contributed by atoms with Gasteiger partial charge < -0.3 is 15.5 Å². The first kappa shape index (κ1) is 19.4. The Morgan fingerprint density at radius 1 is 1.12 bits per heavy atom. The second-order valence-corrected chi connectivity index (χ2v) is 5.96. The molecule has 136 valence electrons. The Hall–Kier alpha value is -2.92. The number of carbonyl (C=O) groups is 1. The fourth-order valence-electron chi connectivity index (χ4n) is 2.68. The Morgan fingerprint density at radius 2 is 1.73 bits per heavy atom. The molecule has 2 aromatic carbocycles. The van der Waals surface area contributed by atoms with Gasteiger partial charge in [0.2, 0.25) is 0 Å². The SMILES string of the molecule is C.COc1ccc(-c2ccc(CC(=O)[C@@H](N)Cc3cnc[nH]3)cc2)cc1. The average Bonchev–Trinajstić information content (AvgIpc) is 3.15. The monoisotopic (exact) mass is 351 g/mol. The van der Waals surface area contributed by atoms with Gasteiger partial charge >= 0.3 is 0 Å². The van der Waals surface area contributed by atoms with Gasteiger partial charge in [0.15, 0.2) is 5.78 Å². The summed E-state index contributed by atoms with van der Waals surface area (Å²) >= 11 is 0. The Kier molecular flexibility index (Phi) is 6.69. The molecule has 0 aliphatic rings. The van der Waals surface area contributed by atoms with Crippen LogP contribution in [0.15, 0.2) is 61.1 Å². The maximum absolute atomic E-state index is 12.3. The van der Waals surface area contributed by atoms with Gasteiger partial charge in [-0.3, -0.25) is 4.79 Å². The van der Waals surface area contributed by atoms with Crippen molar-refractivity contribution < 1.29 is 9.53 Å². The molecule has 3 rings (SSSR count). The first-order valence-corrected chi connectivity index (χ1v) is 8.14. The summed E-state index contributed by atoms with van der Waals surface area (Å²) in [5.74, 6) is 0.851. The van der Waals surface area contributed by atoms with E-state index < -0.39 is 6.04 Å². The summed E-state index contributed by atoms with van der Waals surface area (Å²) in [6.07, 6.45) is 4.09. The maximum atomic E-state index is 12.3. The van der Waals surface area contributed by atoms with Crippen LogP contribution >= 0.6 is 0 Å². The molecule has 1 aromatic heterocycles. The smallest absolute Gasteiger partial charge is 0.154 e. The number of methoxy groups -OCH3 is 1. The lowest BCUT2D eigenvalue weighted by molar-refractivity contribution is -0.119. The number of nitrogens with two attached hydrogens (primary N) is 1. The number of H-pyrrole nitrogens is 1. The predicted molar refractivity (Wildman–Crippen MR) is 104 cm³/mol. The number of imidazole rings is 1. The zero-order chi connectivity index (χ0) is 17.6. The van der Waals surface area contributed by atoms with E-state index in [-0.39, 0.29) is 13.2 Å². The third kappa shape index (κ3) is 4.80. The molecule has 3 N–H and O–H groups in total. The number of nitrogens with zero attached hydrogens (tertiary/aromatic N) is 1. The maximum Gasteiger partial charge on any atom is 0.154 e. The van der Waals surface area contributed by atoms with Gasteiger partial charge in [-0.1, -0.05) is 43.8 Å². The molecule has 0 aliphatic heterocycles. The number of aromatic nitrogens is 2. The van der Waals surface area contributed by atoms with Crippen LogP contribution in [0.1, 0.15) is 18.7 Å². The van der Waals surface area contributed by atoms with Crippen molar-refractivity contribution >= 4 is 5.78 Å². The van der Waals surface area contributed by atoms with Gasteiger partial charge in [0, 0.05) is 24.7 Å². The number of nitrogens with one attached hydrogen (secondary N) is 1. The van der Waals surface area contributed by atoms with Gasteiger partial charge in [-0.05, 0) is 28.8 Å². The summed E-state index contributed by atoms with van der Waals surface area (Å²) in [7, 11) is 1.65. The summed E-state index contributed by atoms with van der Waals surface area (Å²) < 4.78 is 5.17. The minimum atomic E-state index is -0.526. The number of rotatable bonds is 7. The van der Waals surface area contributed by atoms with Crippen molar-refractivity contribution in [3.8, 4) is 16.9 Å². The molecule has 1 atom stereocenters. The van der Waals surface area contributed by atoms with Crippen LogP contribution in [0, 0.1) is 0 Å². The molecular formula is C21H25N3O2. The number of hydrogen-bond donors (Lipinski definition) is 2. The quantitative estimate of drug-likeness (QED) is 0.683. The van der Waals surface area contributed by atoms with E-state index in [4.69, 9.17) is 10.5 Å². The number of hydrogen-bond acceptors (Lipinski definition) is 4. The number of Topliss-reactive ketones (excluding diaryl/α,β-unsaturated/α-hetero) is 1. The van der Waals surface area contributed by atoms with Crippen LogP contribution in [0.25, 0.3) is 11.1 Å². The van der Waals surface area contributed by atoms with Crippen molar-refractivity contribution in [3.05, 3.63) is 72.3 Å². The summed E-state index contributed by atoms with van der Waals surface area (Å²) in [6.45, 7) is 0. The van der Waals surface area contributed by atoms with E-state index in [1.807, 2.05) is 48.5 Å². The van der Waals surface area contributed by atoms with Crippen molar-refractivity contribution in [3.63, 3.8) is 0 Å². The number of ether oxygens (including phenoxy) is 1. The Balaban J connectivity index is 0.00000243. The van der Waals surface area contributed by atoms with Crippen molar-refractivity contribution in [1.29, 1.82) is 0 Å². The molecule has 0 unspecified atom stereocenters. The fourth-order valence-corrected chi connectivity index (χ4v) is 2.68. The molecule has 0 aliphatic carbocycles. The third-order valence-electron chi connectivity index (χ3n) is 4.16. The standard InChI is InChI=1S/C20H21N3O2.CH4/c1-25-18-8-6-16(7-9-18)15-4-2-14(3-5-15)10-20(24)19(21)11-17-12-22-13-23-17;/h2-9,12-13,19H,10-11,21H2,1H3,(H,22,23);1H4/t19-;/m0./s1. The molecule has 0 bridgehead atoms. The summed E-state index contributed by atoms with van der Waals surface area (Å²) in [5, 5.41) is 0. The molecule has 0 spiro atoms. The van der Waals surface area contributed by atoms with Crippen LogP contribution in [0.4, 0.5) is 0 Å². The molecule has 5 heteroatoms. The minimum Gasteiger partial charge on any atom is -0.497 e. The van der Waals surface area contributed by atoms with Gasteiger partial charge in [0.05, 0.1) is 19.5 Å². The van der Waals surface area contributed by atoms with E-state index in [9.17, 15) is 4.79 Å². The largest absolute Gasteiger partial charge is 0.497 e. The van der Waals surface area contributed by atoms with Crippen molar-refractivity contribution in [2.24, 2.45) is 5.73 Å². The summed E-state index contributed by atoms with van der Waals surface area (Å²) in [4.78, 5) is 19.2. The zero-order valence-electron chi connectivity index (χ0n) is 14.1. The van der Waals surface area contributed by atoms with Gasteiger partial charge in [-0.25, -0.2) is 4.98 Å². The third-order valence-corrected chi connectivity index (χ3v) is 4.16. The normalized spacial score (nSPS) is 11.5. The lowest BCUT2D eigenvalue weighted by Crippen LogP contribution is -2.34. The highest BCUT2D eigenvalue weighted by Gasteiger charge is 2.15. The molecular weight excluding hydrogens is 326 g/mol. The number of carbonyl (C=O) groups excluding carboxylic acids is 1. The van der Waals surface area contributed by atoms with Crippen molar-refractivity contribution in [2.75, 3.05) is 7.11 Å². The molecule has 3 aromatic rings. The number of ketones is 1. The van der Waals surface area contributed by atoms with Crippen LogP contribution in [0.5, 0.6) is 5.75 Å². The van der Waals surface area contributed by atoms with E-state index in [0.717, 1.165) is 28.1 Å². The summed E-state index contributed by atoms with van der Waals surface area (Å²) in [5.41, 5.74) is 10.0. The second kappa shape index (κ2) is 8.97.